The number of carbonyl (C=O) groups excluding carboxylic acids is 1. The highest BCUT2D eigenvalue weighted by atomic mass is 32.2. The number of nitro groups is 1. The molecule has 4 aromatic rings. The number of nitrogens with one attached hydrogen (secondary N) is 1. The summed E-state index contributed by atoms with van der Waals surface area (Å²) >= 11 is 4.37. The van der Waals surface area contributed by atoms with Crippen molar-refractivity contribution >= 4 is 63.4 Å². The topological polar surface area (TPSA) is 110 Å². The summed E-state index contributed by atoms with van der Waals surface area (Å²) in [6.45, 7) is 0. The Morgan fingerprint density at radius 2 is 1.76 bits per heavy atom. The quantitative estimate of drug-likeness (QED) is 0.148. The monoisotopic (exact) mass is 495 g/mol. The number of hydrazone groups is 1. The van der Waals surface area contributed by atoms with Gasteiger partial charge in [-0.2, -0.15) is 5.10 Å². The van der Waals surface area contributed by atoms with Crippen molar-refractivity contribution in [2.45, 2.75) is 14.4 Å². The van der Waals surface area contributed by atoms with Crippen molar-refractivity contribution in [1.82, 2.24) is 15.6 Å². The van der Waals surface area contributed by atoms with Crippen LogP contribution in [-0.2, 0) is 10.5 Å². The van der Waals surface area contributed by atoms with Gasteiger partial charge in [-0.05, 0) is 34.0 Å². The van der Waals surface area contributed by atoms with E-state index in [0.717, 1.165) is 10.1 Å². The van der Waals surface area contributed by atoms with Gasteiger partial charge in [-0.15, -0.1) is 10.2 Å². The zero-order chi connectivity index (χ0) is 23.0. The van der Waals surface area contributed by atoms with Crippen LogP contribution in [0.15, 0.2) is 80.5 Å². The van der Waals surface area contributed by atoms with Gasteiger partial charge < -0.3 is 0 Å². The van der Waals surface area contributed by atoms with Crippen molar-refractivity contribution in [3.63, 3.8) is 0 Å². The van der Waals surface area contributed by atoms with Crippen molar-refractivity contribution < 1.29 is 9.72 Å². The molecule has 0 saturated heterocycles. The van der Waals surface area contributed by atoms with Gasteiger partial charge in [-0.25, -0.2) is 5.43 Å². The molecule has 0 fully saturated rings. The molecule has 3 aromatic carbocycles. The first-order valence-corrected chi connectivity index (χ1v) is 12.5. The molecule has 8 nitrogen and oxygen atoms in total. The van der Waals surface area contributed by atoms with E-state index in [2.05, 4.69) is 51.1 Å². The van der Waals surface area contributed by atoms with E-state index in [1.165, 1.54) is 57.8 Å². The lowest BCUT2D eigenvalue weighted by molar-refractivity contribution is -0.384. The van der Waals surface area contributed by atoms with Crippen LogP contribution in [0, 0.1) is 10.1 Å². The molecule has 0 radical (unpaired) electrons. The standard InChI is InChI=1S/C22H17N5O3S3/c28-20(24-23-12-15-8-10-18(11-9-15)27(29)30)14-32-22-26-25-21(33-22)31-13-17-6-3-5-16-4-1-2-7-19(16)17/h1-12H,13-14H2,(H,24,28)/b23-12+. The number of hydrogen-bond acceptors (Lipinski definition) is 9. The smallest absolute Gasteiger partial charge is 0.269 e. The van der Waals surface area contributed by atoms with Crippen molar-refractivity contribution in [3.8, 4) is 0 Å². The Balaban J connectivity index is 1.24. The SMILES string of the molecule is O=C(CSc1nnc(SCc2cccc3ccccc23)s1)N/N=C/c1ccc([N+](=O)[O-])cc1. The first kappa shape index (κ1) is 22.9. The second-order valence-electron chi connectivity index (χ2n) is 6.69. The Bertz CT molecular complexity index is 1300. The predicted molar refractivity (Wildman–Crippen MR) is 133 cm³/mol. The molecule has 1 amide bonds. The second kappa shape index (κ2) is 11.0. The average Bonchev–Trinajstić information content (AvgIpc) is 3.29. The molecule has 33 heavy (non-hydrogen) atoms. The van der Waals surface area contributed by atoms with E-state index in [1.54, 1.807) is 23.9 Å². The number of benzene rings is 3. The Kier molecular flexibility index (Phi) is 7.66. The third-order valence-electron chi connectivity index (χ3n) is 4.45. The van der Waals surface area contributed by atoms with Crippen molar-refractivity contribution in [2.75, 3.05) is 5.75 Å². The zero-order valence-corrected chi connectivity index (χ0v) is 19.5. The van der Waals surface area contributed by atoms with Gasteiger partial charge in [0.25, 0.3) is 11.6 Å². The van der Waals surface area contributed by atoms with E-state index >= 15 is 0 Å². The van der Waals surface area contributed by atoms with Crippen LogP contribution < -0.4 is 5.43 Å². The molecule has 1 N–H and O–H groups in total. The molecule has 0 aliphatic heterocycles. The van der Waals surface area contributed by atoms with Crippen LogP contribution in [-0.4, -0.2) is 33.0 Å². The van der Waals surface area contributed by atoms with Gasteiger partial charge in [0.2, 0.25) is 0 Å². The van der Waals surface area contributed by atoms with E-state index in [0.29, 0.717) is 9.90 Å². The molecule has 0 bridgehead atoms. The fourth-order valence-electron chi connectivity index (χ4n) is 2.89. The summed E-state index contributed by atoms with van der Waals surface area (Å²) in [5.74, 6) is 0.664. The van der Waals surface area contributed by atoms with Gasteiger partial charge in [0.1, 0.15) is 0 Å². The Morgan fingerprint density at radius 3 is 2.55 bits per heavy atom. The summed E-state index contributed by atoms with van der Waals surface area (Å²) in [5, 5.41) is 25.3. The van der Waals surface area contributed by atoms with Gasteiger partial charge in [0, 0.05) is 17.9 Å². The third kappa shape index (κ3) is 6.37. The molecule has 0 unspecified atom stereocenters. The normalized spacial score (nSPS) is 11.2. The first-order chi connectivity index (χ1) is 16.1. The maximum Gasteiger partial charge on any atom is 0.269 e. The van der Waals surface area contributed by atoms with E-state index < -0.39 is 4.92 Å². The third-order valence-corrected chi connectivity index (χ3v) is 7.69. The number of nitro benzene ring substituents is 1. The molecule has 166 valence electrons. The second-order valence-corrected chi connectivity index (χ2v) is 10.1. The van der Waals surface area contributed by atoms with Gasteiger partial charge in [-0.3, -0.25) is 14.9 Å². The van der Waals surface area contributed by atoms with E-state index in [-0.39, 0.29) is 17.3 Å². The van der Waals surface area contributed by atoms with Crippen LogP contribution in [0.5, 0.6) is 0 Å². The molecule has 0 atom stereocenters. The van der Waals surface area contributed by atoms with Crippen molar-refractivity contribution in [1.29, 1.82) is 0 Å². The Hall–Kier alpha value is -3.28. The van der Waals surface area contributed by atoms with Crippen LogP contribution in [0.3, 0.4) is 0 Å². The predicted octanol–water partition coefficient (Wildman–Crippen LogP) is 5.13. The number of non-ortho nitro benzene ring substituents is 1. The number of fused-ring (bicyclic) bond motifs is 1. The van der Waals surface area contributed by atoms with E-state index in [4.69, 9.17) is 0 Å². The molecule has 1 heterocycles. The first-order valence-electron chi connectivity index (χ1n) is 9.70. The number of aromatic nitrogens is 2. The van der Waals surface area contributed by atoms with Crippen LogP contribution in [0.4, 0.5) is 5.69 Å². The Labute approximate surface area is 201 Å². The number of rotatable bonds is 9. The number of nitrogens with zero attached hydrogens (tertiary/aromatic N) is 4. The fraction of sp³-hybridized carbons (Fsp3) is 0.0909. The zero-order valence-electron chi connectivity index (χ0n) is 17.1. The van der Waals surface area contributed by atoms with Crippen LogP contribution in [0.2, 0.25) is 0 Å². The maximum atomic E-state index is 12.0. The highest BCUT2D eigenvalue weighted by Gasteiger charge is 2.10. The minimum absolute atomic E-state index is 0.000653. The molecule has 0 spiro atoms. The minimum atomic E-state index is -0.471. The van der Waals surface area contributed by atoms with Crippen molar-refractivity contribution in [2.24, 2.45) is 5.10 Å². The lowest BCUT2D eigenvalue weighted by atomic mass is 10.1. The highest BCUT2D eigenvalue weighted by Crippen LogP contribution is 2.32. The van der Waals surface area contributed by atoms with Crippen molar-refractivity contribution in [3.05, 3.63) is 88.0 Å². The summed E-state index contributed by atoms with van der Waals surface area (Å²) in [6.07, 6.45) is 1.43. The van der Waals surface area contributed by atoms with Gasteiger partial charge in [-0.1, -0.05) is 77.3 Å². The largest absolute Gasteiger partial charge is 0.272 e. The van der Waals surface area contributed by atoms with Crippen LogP contribution >= 0.6 is 34.9 Å². The molecular formula is C22H17N5O3S3. The summed E-state index contributed by atoms with van der Waals surface area (Å²) < 4.78 is 1.56. The molecule has 0 aliphatic rings. The number of carbonyl (C=O) groups is 1. The summed E-state index contributed by atoms with van der Waals surface area (Å²) in [7, 11) is 0. The molecule has 0 aliphatic carbocycles. The lowest BCUT2D eigenvalue weighted by Crippen LogP contribution is -2.19. The lowest BCUT2D eigenvalue weighted by Gasteiger charge is -2.04. The minimum Gasteiger partial charge on any atom is -0.272 e. The fourth-order valence-corrected chi connectivity index (χ4v) is 5.71. The van der Waals surface area contributed by atoms with E-state index in [9.17, 15) is 14.9 Å². The molecule has 1 aromatic heterocycles. The summed E-state index contributed by atoms with van der Waals surface area (Å²) in [4.78, 5) is 22.2. The number of thioether (sulfide) groups is 2. The maximum absolute atomic E-state index is 12.0. The summed E-state index contributed by atoms with van der Waals surface area (Å²) in [6, 6.07) is 20.4. The van der Waals surface area contributed by atoms with Crippen LogP contribution in [0.1, 0.15) is 11.1 Å². The number of hydrogen-bond donors (Lipinski definition) is 1. The molecule has 11 heteroatoms. The van der Waals surface area contributed by atoms with Crippen LogP contribution in [0.25, 0.3) is 10.8 Å². The summed E-state index contributed by atoms with van der Waals surface area (Å²) in [5.41, 5.74) is 4.32. The molecule has 0 saturated carbocycles. The molecular weight excluding hydrogens is 478 g/mol. The van der Waals surface area contributed by atoms with E-state index in [1.807, 2.05) is 12.1 Å². The highest BCUT2D eigenvalue weighted by molar-refractivity contribution is 8.03. The Morgan fingerprint density at radius 1 is 1.03 bits per heavy atom. The van der Waals surface area contributed by atoms with Gasteiger partial charge in [0.15, 0.2) is 8.68 Å². The molecule has 4 rings (SSSR count). The average molecular weight is 496 g/mol. The van der Waals surface area contributed by atoms with Gasteiger partial charge >= 0.3 is 0 Å². The van der Waals surface area contributed by atoms with Gasteiger partial charge in [0.05, 0.1) is 16.9 Å². The number of amides is 1.